The predicted octanol–water partition coefficient (Wildman–Crippen LogP) is 1.92. The summed E-state index contributed by atoms with van der Waals surface area (Å²) < 4.78 is 5.73. The van der Waals surface area contributed by atoms with E-state index in [1.54, 1.807) is 29.4 Å². The van der Waals surface area contributed by atoms with E-state index in [4.69, 9.17) is 10.5 Å². The number of hydrogen-bond donors (Lipinski definition) is 1. The molecule has 2 atom stereocenters. The molecule has 1 saturated heterocycles. The van der Waals surface area contributed by atoms with Gasteiger partial charge in [0.15, 0.2) is 0 Å². The second kappa shape index (κ2) is 6.16. The number of nitrogens with zero attached hydrogens (tertiary/aromatic N) is 2. The molecule has 1 fully saturated rings. The second-order valence-corrected chi connectivity index (χ2v) is 6.48. The molecule has 0 radical (unpaired) electrons. The van der Waals surface area contributed by atoms with Crippen LogP contribution in [0.5, 0.6) is 0 Å². The maximum absolute atomic E-state index is 12.9. The van der Waals surface area contributed by atoms with Crippen molar-refractivity contribution in [3.8, 4) is 0 Å². The standard InChI is InChI=1S/C16H19N3O2S/c1-16(17,12-5-3-2-4-6-12)15(20)19-8-9-21-13(11-19)14-18-7-10-22-14/h2-7,10,13H,8-9,11,17H2,1H3. The fourth-order valence-corrected chi connectivity index (χ4v) is 3.29. The molecule has 22 heavy (non-hydrogen) atoms. The molecule has 2 unspecified atom stereocenters. The minimum Gasteiger partial charge on any atom is -0.367 e. The van der Waals surface area contributed by atoms with Crippen molar-refractivity contribution in [2.75, 3.05) is 19.7 Å². The Kier molecular flexibility index (Phi) is 4.24. The van der Waals surface area contributed by atoms with Gasteiger partial charge in [-0.05, 0) is 12.5 Å². The fourth-order valence-electron chi connectivity index (χ4n) is 2.61. The van der Waals surface area contributed by atoms with Gasteiger partial charge in [-0.25, -0.2) is 4.98 Å². The number of ether oxygens (including phenoxy) is 1. The van der Waals surface area contributed by atoms with Gasteiger partial charge in [0, 0.05) is 18.1 Å². The van der Waals surface area contributed by atoms with Crippen LogP contribution in [0.4, 0.5) is 0 Å². The van der Waals surface area contributed by atoms with Gasteiger partial charge in [-0.1, -0.05) is 30.3 Å². The Labute approximate surface area is 133 Å². The monoisotopic (exact) mass is 317 g/mol. The number of thiazole rings is 1. The minimum absolute atomic E-state index is 0.0800. The Bertz CT molecular complexity index is 628. The van der Waals surface area contributed by atoms with Crippen LogP contribution in [-0.2, 0) is 15.1 Å². The molecule has 3 rings (SSSR count). The van der Waals surface area contributed by atoms with Crippen molar-refractivity contribution in [3.63, 3.8) is 0 Å². The minimum atomic E-state index is -1.04. The number of amides is 1. The van der Waals surface area contributed by atoms with Gasteiger partial charge in [-0.2, -0.15) is 0 Å². The quantitative estimate of drug-likeness (QED) is 0.939. The molecule has 0 bridgehead atoms. The van der Waals surface area contributed by atoms with Crippen molar-refractivity contribution in [1.29, 1.82) is 0 Å². The fraction of sp³-hybridized carbons (Fsp3) is 0.375. The second-order valence-electron chi connectivity index (χ2n) is 5.55. The molecule has 0 saturated carbocycles. The van der Waals surface area contributed by atoms with E-state index >= 15 is 0 Å². The van der Waals surface area contributed by atoms with Crippen LogP contribution in [0.3, 0.4) is 0 Å². The summed E-state index contributed by atoms with van der Waals surface area (Å²) in [5.74, 6) is -0.0800. The smallest absolute Gasteiger partial charge is 0.247 e. The van der Waals surface area contributed by atoms with Crippen LogP contribution in [0, 0.1) is 0 Å². The highest BCUT2D eigenvalue weighted by Crippen LogP contribution is 2.27. The summed E-state index contributed by atoms with van der Waals surface area (Å²) in [6, 6.07) is 9.47. The van der Waals surface area contributed by atoms with Crippen LogP contribution in [-0.4, -0.2) is 35.5 Å². The zero-order chi connectivity index (χ0) is 15.6. The summed E-state index contributed by atoms with van der Waals surface area (Å²) in [5.41, 5.74) is 6.11. The molecule has 5 nitrogen and oxygen atoms in total. The number of morpholine rings is 1. The molecular formula is C16H19N3O2S. The SMILES string of the molecule is CC(N)(C(=O)N1CCOC(c2nccs2)C1)c1ccccc1. The number of benzene rings is 1. The molecule has 1 aliphatic heterocycles. The molecule has 116 valence electrons. The molecule has 1 aliphatic rings. The van der Waals surface area contributed by atoms with Gasteiger partial charge in [0.05, 0.1) is 13.2 Å². The van der Waals surface area contributed by atoms with Gasteiger partial charge < -0.3 is 15.4 Å². The van der Waals surface area contributed by atoms with Gasteiger partial charge in [0.2, 0.25) is 5.91 Å². The lowest BCUT2D eigenvalue weighted by atomic mass is 9.91. The molecule has 1 aromatic heterocycles. The van der Waals surface area contributed by atoms with Crippen molar-refractivity contribution in [2.45, 2.75) is 18.6 Å². The first-order valence-electron chi connectivity index (χ1n) is 7.24. The third-order valence-corrected chi connectivity index (χ3v) is 4.77. The van der Waals surface area contributed by atoms with E-state index in [1.165, 1.54) is 0 Å². The largest absolute Gasteiger partial charge is 0.367 e. The highest BCUT2D eigenvalue weighted by atomic mass is 32.1. The van der Waals surface area contributed by atoms with Gasteiger partial charge in [0.25, 0.3) is 0 Å². The average molecular weight is 317 g/mol. The summed E-state index contributed by atoms with van der Waals surface area (Å²) in [6.07, 6.45) is 1.59. The zero-order valence-corrected chi connectivity index (χ0v) is 13.3. The molecular weight excluding hydrogens is 298 g/mol. The number of rotatable bonds is 3. The lowest BCUT2D eigenvalue weighted by Gasteiger charge is -2.37. The molecule has 2 N–H and O–H groups in total. The number of carbonyl (C=O) groups excluding carboxylic acids is 1. The van der Waals surface area contributed by atoms with E-state index in [-0.39, 0.29) is 12.0 Å². The molecule has 1 amide bonds. The summed E-state index contributed by atoms with van der Waals surface area (Å²) in [4.78, 5) is 18.9. The molecule has 0 spiro atoms. The number of hydrogen-bond acceptors (Lipinski definition) is 5. The summed E-state index contributed by atoms with van der Waals surface area (Å²) in [6.45, 7) is 3.31. The molecule has 2 aromatic rings. The number of nitrogens with two attached hydrogens (primary N) is 1. The Balaban J connectivity index is 1.77. The van der Waals surface area contributed by atoms with Crippen LogP contribution in [0.15, 0.2) is 41.9 Å². The Hall–Kier alpha value is -1.76. The Morgan fingerprint density at radius 3 is 2.91 bits per heavy atom. The van der Waals surface area contributed by atoms with Crippen LogP contribution in [0.2, 0.25) is 0 Å². The van der Waals surface area contributed by atoms with E-state index in [9.17, 15) is 4.79 Å². The maximum Gasteiger partial charge on any atom is 0.247 e. The van der Waals surface area contributed by atoms with Gasteiger partial charge in [-0.3, -0.25) is 4.79 Å². The van der Waals surface area contributed by atoms with Gasteiger partial charge >= 0.3 is 0 Å². The third-order valence-electron chi connectivity index (χ3n) is 3.90. The maximum atomic E-state index is 12.9. The molecule has 0 aliphatic carbocycles. The van der Waals surface area contributed by atoms with Crippen molar-refractivity contribution in [1.82, 2.24) is 9.88 Å². The molecule has 6 heteroatoms. The number of carbonyl (C=O) groups is 1. The average Bonchev–Trinajstić information content (AvgIpc) is 3.09. The topological polar surface area (TPSA) is 68.5 Å². The van der Waals surface area contributed by atoms with E-state index in [0.717, 1.165) is 10.6 Å². The van der Waals surface area contributed by atoms with Crippen LogP contribution >= 0.6 is 11.3 Å². The first-order valence-corrected chi connectivity index (χ1v) is 8.12. The Morgan fingerprint density at radius 2 is 2.23 bits per heavy atom. The highest BCUT2D eigenvalue weighted by Gasteiger charge is 2.37. The van der Waals surface area contributed by atoms with E-state index in [2.05, 4.69) is 4.98 Å². The van der Waals surface area contributed by atoms with Gasteiger partial charge in [0.1, 0.15) is 16.7 Å². The first kappa shape index (κ1) is 15.1. The van der Waals surface area contributed by atoms with Crippen LogP contribution < -0.4 is 5.73 Å². The van der Waals surface area contributed by atoms with Crippen LogP contribution in [0.1, 0.15) is 23.6 Å². The van der Waals surface area contributed by atoms with Gasteiger partial charge in [-0.15, -0.1) is 11.3 Å². The first-order chi connectivity index (χ1) is 10.6. The Morgan fingerprint density at radius 1 is 1.45 bits per heavy atom. The van der Waals surface area contributed by atoms with Crippen molar-refractivity contribution in [3.05, 3.63) is 52.5 Å². The highest BCUT2D eigenvalue weighted by molar-refractivity contribution is 7.09. The molecule has 1 aromatic carbocycles. The molecule has 2 heterocycles. The lowest BCUT2D eigenvalue weighted by molar-refractivity contribution is -0.144. The lowest BCUT2D eigenvalue weighted by Crippen LogP contribution is -2.54. The van der Waals surface area contributed by atoms with E-state index in [1.807, 2.05) is 35.7 Å². The third kappa shape index (κ3) is 2.90. The van der Waals surface area contributed by atoms with Crippen molar-refractivity contribution >= 4 is 17.2 Å². The van der Waals surface area contributed by atoms with E-state index < -0.39 is 5.54 Å². The van der Waals surface area contributed by atoms with Crippen LogP contribution in [0.25, 0.3) is 0 Å². The van der Waals surface area contributed by atoms with Crippen molar-refractivity contribution < 1.29 is 9.53 Å². The van der Waals surface area contributed by atoms with E-state index in [0.29, 0.717) is 19.7 Å². The normalized spacial score (nSPS) is 21.4. The summed E-state index contributed by atoms with van der Waals surface area (Å²) in [5, 5.41) is 2.81. The zero-order valence-electron chi connectivity index (χ0n) is 12.4. The van der Waals surface area contributed by atoms with Crippen molar-refractivity contribution in [2.24, 2.45) is 5.73 Å². The predicted molar refractivity (Wildman–Crippen MR) is 85.4 cm³/mol. The summed E-state index contributed by atoms with van der Waals surface area (Å²) in [7, 11) is 0. The number of aromatic nitrogens is 1. The summed E-state index contributed by atoms with van der Waals surface area (Å²) >= 11 is 1.54.